The normalized spacial score (nSPS) is 10.7. The molecule has 1 heterocycles. The average molecular weight is 307 g/mol. The van der Waals surface area contributed by atoms with Crippen molar-refractivity contribution in [3.63, 3.8) is 0 Å². The lowest BCUT2D eigenvalue weighted by molar-refractivity contribution is 0.262. The van der Waals surface area contributed by atoms with E-state index in [1.165, 1.54) is 18.4 Å². The van der Waals surface area contributed by atoms with Gasteiger partial charge < -0.3 is 15.6 Å². The molecule has 0 radical (unpaired) electrons. The number of urea groups is 1. The number of hydrogen-bond donors (Lipinski definition) is 3. The Morgan fingerprint density at radius 1 is 1.00 bits per heavy atom. The van der Waals surface area contributed by atoms with Gasteiger partial charge in [-0.15, -0.1) is 0 Å². The van der Waals surface area contributed by atoms with Crippen molar-refractivity contribution in [1.29, 1.82) is 0 Å². The lowest BCUT2D eigenvalue weighted by Crippen LogP contribution is -2.19. The van der Waals surface area contributed by atoms with Crippen LogP contribution in [-0.4, -0.2) is 11.0 Å². The number of amides is 2. The second-order valence-electron chi connectivity index (χ2n) is 5.66. The van der Waals surface area contributed by atoms with Crippen molar-refractivity contribution in [2.45, 2.75) is 26.2 Å². The molecular weight excluding hydrogens is 286 g/mol. The summed E-state index contributed by atoms with van der Waals surface area (Å²) in [6.07, 6.45) is 5.34. The van der Waals surface area contributed by atoms with Gasteiger partial charge in [-0.2, -0.15) is 0 Å². The average Bonchev–Trinajstić information content (AvgIpc) is 3.02. The maximum atomic E-state index is 12.1. The van der Waals surface area contributed by atoms with E-state index >= 15 is 0 Å². The lowest BCUT2D eigenvalue weighted by atomic mass is 10.1. The first-order valence-corrected chi connectivity index (χ1v) is 7.98. The number of anilines is 2. The van der Waals surface area contributed by atoms with E-state index in [0.29, 0.717) is 0 Å². The molecular formula is C19H21N3O. The molecule has 2 aromatic carbocycles. The van der Waals surface area contributed by atoms with Crippen molar-refractivity contribution < 1.29 is 4.79 Å². The zero-order valence-electron chi connectivity index (χ0n) is 13.2. The highest BCUT2D eigenvalue weighted by Gasteiger charge is 2.04. The Hall–Kier alpha value is -2.75. The van der Waals surface area contributed by atoms with E-state index in [1.807, 2.05) is 42.6 Å². The number of aromatic nitrogens is 1. The smallest absolute Gasteiger partial charge is 0.323 e. The molecule has 0 unspecified atom stereocenters. The second kappa shape index (κ2) is 7.01. The van der Waals surface area contributed by atoms with Gasteiger partial charge in [-0.3, -0.25) is 0 Å². The van der Waals surface area contributed by atoms with Gasteiger partial charge in [0.05, 0.1) is 0 Å². The molecule has 118 valence electrons. The summed E-state index contributed by atoms with van der Waals surface area (Å²) in [6.45, 7) is 2.19. The van der Waals surface area contributed by atoms with Crippen molar-refractivity contribution in [2.24, 2.45) is 0 Å². The summed E-state index contributed by atoms with van der Waals surface area (Å²) < 4.78 is 0. The number of nitrogens with one attached hydrogen (secondary N) is 3. The first-order chi connectivity index (χ1) is 11.2. The number of benzene rings is 2. The van der Waals surface area contributed by atoms with E-state index in [1.54, 1.807) is 0 Å². The van der Waals surface area contributed by atoms with Gasteiger partial charge in [-0.25, -0.2) is 4.79 Å². The number of carbonyl (C=O) groups excluding carboxylic acids is 1. The molecule has 3 N–H and O–H groups in total. The topological polar surface area (TPSA) is 56.9 Å². The van der Waals surface area contributed by atoms with Gasteiger partial charge in [0, 0.05) is 28.5 Å². The van der Waals surface area contributed by atoms with Gasteiger partial charge in [0.15, 0.2) is 0 Å². The highest BCUT2D eigenvalue weighted by Crippen LogP contribution is 2.18. The number of hydrogen-bond acceptors (Lipinski definition) is 1. The third kappa shape index (κ3) is 3.92. The van der Waals surface area contributed by atoms with Crippen molar-refractivity contribution in [3.8, 4) is 0 Å². The van der Waals surface area contributed by atoms with Gasteiger partial charge in [0.25, 0.3) is 0 Å². The largest absolute Gasteiger partial charge is 0.361 e. The Kier molecular flexibility index (Phi) is 4.62. The van der Waals surface area contributed by atoms with Crippen LogP contribution < -0.4 is 10.6 Å². The zero-order valence-corrected chi connectivity index (χ0v) is 13.2. The Labute approximate surface area is 135 Å². The molecule has 2 amide bonds. The van der Waals surface area contributed by atoms with Crippen LogP contribution in [0.5, 0.6) is 0 Å². The Morgan fingerprint density at radius 2 is 1.74 bits per heavy atom. The van der Waals surface area contributed by atoms with Crippen LogP contribution in [0.15, 0.2) is 54.7 Å². The van der Waals surface area contributed by atoms with E-state index in [9.17, 15) is 4.79 Å². The predicted molar refractivity (Wildman–Crippen MR) is 96.0 cm³/mol. The molecule has 23 heavy (non-hydrogen) atoms. The van der Waals surface area contributed by atoms with Crippen LogP contribution in [0.1, 0.15) is 25.3 Å². The summed E-state index contributed by atoms with van der Waals surface area (Å²) in [5, 5.41) is 6.79. The Balaban J connectivity index is 1.60. The summed E-state index contributed by atoms with van der Waals surface area (Å²) >= 11 is 0. The fourth-order valence-corrected chi connectivity index (χ4v) is 2.56. The number of fused-ring (bicyclic) bond motifs is 1. The number of aryl methyl sites for hydroxylation is 1. The molecule has 4 heteroatoms. The minimum atomic E-state index is -0.235. The summed E-state index contributed by atoms with van der Waals surface area (Å²) in [5.74, 6) is 0. The Morgan fingerprint density at radius 3 is 2.52 bits per heavy atom. The van der Waals surface area contributed by atoms with Crippen molar-refractivity contribution in [3.05, 3.63) is 60.3 Å². The van der Waals surface area contributed by atoms with E-state index in [2.05, 4.69) is 34.7 Å². The summed E-state index contributed by atoms with van der Waals surface area (Å²) in [4.78, 5) is 15.2. The van der Waals surface area contributed by atoms with Crippen LogP contribution in [0, 0.1) is 0 Å². The molecule has 3 rings (SSSR count). The molecule has 0 aliphatic carbocycles. The van der Waals surface area contributed by atoms with Gasteiger partial charge in [0.1, 0.15) is 0 Å². The zero-order chi connectivity index (χ0) is 16.1. The third-order valence-corrected chi connectivity index (χ3v) is 3.84. The SMILES string of the molecule is CCCCc1ccc(NC(=O)Nc2ccc3[nH]ccc3c2)cc1. The van der Waals surface area contributed by atoms with E-state index < -0.39 is 0 Å². The Bertz CT molecular complexity index is 790. The minimum Gasteiger partial charge on any atom is -0.361 e. The molecule has 0 saturated carbocycles. The summed E-state index contributed by atoms with van der Waals surface area (Å²) in [5.41, 5.74) is 3.92. The van der Waals surface area contributed by atoms with E-state index in [4.69, 9.17) is 0 Å². The summed E-state index contributed by atoms with van der Waals surface area (Å²) in [6, 6.07) is 15.5. The molecule has 3 aromatic rings. The second-order valence-corrected chi connectivity index (χ2v) is 5.66. The molecule has 0 saturated heterocycles. The number of rotatable bonds is 5. The molecule has 0 aliphatic heterocycles. The van der Waals surface area contributed by atoms with Crippen LogP contribution in [0.4, 0.5) is 16.2 Å². The maximum absolute atomic E-state index is 12.1. The van der Waals surface area contributed by atoms with Gasteiger partial charge in [-0.1, -0.05) is 25.5 Å². The lowest BCUT2D eigenvalue weighted by Gasteiger charge is -2.08. The van der Waals surface area contributed by atoms with Crippen LogP contribution in [0.2, 0.25) is 0 Å². The van der Waals surface area contributed by atoms with E-state index in [-0.39, 0.29) is 6.03 Å². The number of carbonyl (C=O) groups is 1. The third-order valence-electron chi connectivity index (χ3n) is 3.84. The monoisotopic (exact) mass is 307 g/mol. The van der Waals surface area contributed by atoms with Crippen LogP contribution in [0.3, 0.4) is 0 Å². The molecule has 0 aliphatic rings. The number of unbranched alkanes of at least 4 members (excludes halogenated alkanes) is 1. The van der Waals surface area contributed by atoms with Gasteiger partial charge in [0.2, 0.25) is 0 Å². The first-order valence-electron chi connectivity index (χ1n) is 7.98. The van der Waals surface area contributed by atoms with Crippen molar-refractivity contribution in [1.82, 2.24) is 4.98 Å². The molecule has 0 spiro atoms. The minimum absolute atomic E-state index is 0.235. The van der Waals surface area contributed by atoms with Crippen molar-refractivity contribution in [2.75, 3.05) is 10.6 Å². The highest BCUT2D eigenvalue weighted by atomic mass is 16.2. The quantitative estimate of drug-likeness (QED) is 0.599. The van der Waals surface area contributed by atoms with Crippen molar-refractivity contribution >= 4 is 28.3 Å². The highest BCUT2D eigenvalue weighted by molar-refractivity contribution is 6.00. The van der Waals surface area contributed by atoms with Gasteiger partial charge in [-0.05, 0) is 54.8 Å². The fourth-order valence-electron chi connectivity index (χ4n) is 2.56. The van der Waals surface area contributed by atoms with Gasteiger partial charge >= 0.3 is 6.03 Å². The molecule has 0 atom stereocenters. The standard InChI is InChI=1S/C19H21N3O/c1-2-3-4-14-5-7-16(8-6-14)21-19(23)22-17-9-10-18-15(13-17)11-12-20-18/h5-13,20H,2-4H2,1H3,(H2,21,22,23). The molecule has 4 nitrogen and oxygen atoms in total. The number of aromatic amines is 1. The first kappa shape index (κ1) is 15.2. The summed E-state index contributed by atoms with van der Waals surface area (Å²) in [7, 11) is 0. The van der Waals surface area contributed by atoms with Crippen LogP contribution in [0.25, 0.3) is 10.9 Å². The van der Waals surface area contributed by atoms with Crippen LogP contribution >= 0.6 is 0 Å². The number of H-pyrrole nitrogens is 1. The fraction of sp³-hybridized carbons (Fsp3) is 0.211. The molecule has 1 aromatic heterocycles. The molecule has 0 bridgehead atoms. The van der Waals surface area contributed by atoms with Crippen LogP contribution in [-0.2, 0) is 6.42 Å². The molecule has 0 fully saturated rings. The predicted octanol–water partition coefficient (Wildman–Crippen LogP) is 5.15. The van der Waals surface area contributed by atoms with E-state index in [0.717, 1.165) is 28.7 Å². The maximum Gasteiger partial charge on any atom is 0.323 e.